The molecule has 126 valence electrons. The third-order valence-electron chi connectivity index (χ3n) is 4.31. The Labute approximate surface area is 140 Å². The van der Waals surface area contributed by atoms with Crippen LogP contribution in [0.25, 0.3) is 0 Å². The third-order valence-corrected chi connectivity index (χ3v) is 4.31. The van der Waals surface area contributed by atoms with Crippen LogP contribution < -0.4 is 5.32 Å². The molecule has 1 saturated heterocycles. The van der Waals surface area contributed by atoms with Crippen LogP contribution in [-0.4, -0.2) is 39.9 Å². The standard InChI is InChI=1S/C18H21FN4O/c19-17-12-21-11-7-16(17)18(24)23(13-14-4-1-2-9-22-14)15-5-3-8-20-10-6-15/h1-2,4,7,9,11-12,15,20H,3,5-6,8,10,13H2/t15-/m0/s1. The summed E-state index contributed by atoms with van der Waals surface area (Å²) in [5, 5.41) is 3.35. The Morgan fingerprint density at radius 3 is 2.96 bits per heavy atom. The van der Waals surface area contributed by atoms with Gasteiger partial charge in [-0.25, -0.2) is 4.39 Å². The van der Waals surface area contributed by atoms with E-state index in [-0.39, 0.29) is 17.5 Å². The Bertz CT molecular complexity index is 672. The second-order valence-electron chi connectivity index (χ2n) is 5.94. The van der Waals surface area contributed by atoms with E-state index in [2.05, 4.69) is 15.3 Å². The fraction of sp³-hybridized carbons (Fsp3) is 0.389. The zero-order chi connectivity index (χ0) is 16.8. The molecule has 0 bridgehead atoms. The number of hydrogen-bond acceptors (Lipinski definition) is 4. The van der Waals surface area contributed by atoms with Crippen LogP contribution in [-0.2, 0) is 6.54 Å². The van der Waals surface area contributed by atoms with Crippen molar-refractivity contribution >= 4 is 5.91 Å². The van der Waals surface area contributed by atoms with Gasteiger partial charge in [-0.05, 0) is 50.6 Å². The Morgan fingerprint density at radius 1 is 1.25 bits per heavy atom. The fourth-order valence-corrected chi connectivity index (χ4v) is 3.05. The minimum atomic E-state index is -0.583. The van der Waals surface area contributed by atoms with Crippen molar-refractivity contribution in [2.45, 2.75) is 31.8 Å². The number of halogens is 1. The first kappa shape index (κ1) is 16.5. The second-order valence-corrected chi connectivity index (χ2v) is 5.94. The molecule has 0 radical (unpaired) electrons. The van der Waals surface area contributed by atoms with Crippen molar-refractivity contribution in [2.75, 3.05) is 13.1 Å². The van der Waals surface area contributed by atoms with Crippen LogP contribution in [0.4, 0.5) is 4.39 Å². The lowest BCUT2D eigenvalue weighted by atomic mass is 10.1. The van der Waals surface area contributed by atoms with Crippen molar-refractivity contribution in [1.82, 2.24) is 20.2 Å². The highest BCUT2D eigenvalue weighted by Crippen LogP contribution is 2.20. The largest absolute Gasteiger partial charge is 0.330 e. The number of hydrogen-bond donors (Lipinski definition) is 1. The van der Waals surface area contributed by atoms with Gasteiger partial charge in [0, 0.05) is 18.4 Å². The van der Waals surface area contributed by atoms with Gasteiger partial charge in [-0.15, -0.1) is 0 Å². The van der Waals surface area contributed by atoms with Crippen molar-refractivity contribution in [3.8, 4) is 0 Å². The van der Waals surface area contributed by atoms with Crippen molar-refractivity contribution in [3.63, 3.8) is 0 Å². The predicted octanol–water partition coefficient (Wildman–Crippen LogP) is 2.40. The van der Waals surface area contributed by atoms with Crippen LogP contribution in [0.3, 0.4) is 0 Å². The summed E-state index contributed by atoms with van der Waals surface area (Å²) < 4.78 is 14.0. The minimum absolute atomic E-state index is 0.0677. The molecule has 1 N–H and O–H groups in total. The van der Waals surface area contributed by atoms with Gasteiger partial charge in [0.05, 0.1) is 24.0 Å². The Balaban J connectivity index is 1.88. The number of rotatable bonds is 4. The molecule has 1 aliphatic heterocycles. The number of nitrogens with one attached hydrogen (secondary N) is 1. The van der Waals surface area contributed by atoms with E-state index >= 15 is 0 Å². The van der Waals surface area contributed by atoms with Crippen LogP contribution >= 0.6 is 0 Å². The summed E-state index contributed by atoms with van der Waals surface area (Å²) in [6.07, 6.45) is 6.99. The maximum absolute atomic E-state index is 14.0. The summed E-state index contributed by atoms with van der Waals surface area (Å²) in [7, 11) is 0. The molecule has 0 saturated carbocycles. The highest BCUT2D eigenvalue weighted by molar-refractivity contribution is 5.94. The molecule has 3 heterocycles. The van der Waals surface area contributed by atoms with Gasteiger partial charge in [-0.2, -0.15) is 0 Å². The zero-order valence-electron chi connectivity index (χ0n) is 13.5. The van der Waals surface area contributed by atoms with E-state index in [4.69, 9.17) is 0 Å². The molecule has 0 unspecified atom stereocenters. The monoisotopic (exact) mass is 328 g/mol. The molecule has 1 amide bonds. The van der Waals surface area contributed by atoms with Crippen LogP contribution in [0, 0.1) is 5.82 Å². The van der Waals surface area contributed by atoms with Crippen molar-refractivity contribution in [2.24, 2.45) is 0 Å². The van der Waals surface area contributed by atoms with Crippen molar-refractivity contribution < 1.29 is 9.18 Å². The van der Waals surface area contributed by atoms with Crippen LogP contribution in [0.15, 0.2) is 42.9 Å². The van der Waals surface area contributed by atoms with Crippen LogP contribution in [0.2, 0.25) is 0 Å². The average Bonchev–Trinajstić information content (AvgIpc) is 2.90. The highest BCUT2D eigenvalue weighted by Gasteiger charge is 2.27. The molecule has 3 rings (SSSR count). The number of pyridine rings is 2. The van der Waals surface area contributed by atoms with E-state index in [0.717, 1.165) is 44.2 Å². The molecule has 0 spiro atoms. The first-order valence-corrected chi connectivity index (χ1v) is 8.27. The van der Waals surface area contributed by atoms with Crippen LogP contribution in [0.1, 0.15) is 35.3 Å². The SMILES string of the molecule is O=C(c1ccncc1F)N(Cc1ccccn1)[C@H]1CCCNCC1. The molecule has 0 aromatic carbocycles. The number of aromatic nitrogens is 2. The van der Waals surface area contributed by atoms with Gasteiger partial charge in [-0.3, -0.25) is 14.8 Å². The zero-order valence-corrected chi connectivity index (χ0v) is 13.5. The molecule has 2 aromatic heterocycles. The lowest BCUT2D eigenvalue weighted by Gasteiger charge is -2.31. The third kappa shape index (κ3) is 3.94. The average molecular weight is 328 g/mol. The van der Waals surface area contributed by atoms with Crippen molar-refractivity contribution in [3.05, 3.63) is 59.9 Å². The lowest BCUT2D eigenvalue weighted by Crippen LogP contribution is -2.41. The summed E-state index contributed by atoms with van der Waals surface area (Å²) in [5.74, 6) is -0.882. The summed E-state index contributed by atoms with van der Waals surface area (Å²) in [6, 6.07) is 7.14. The van der Waals surface area contributed by atoms with E-state index in [9.17, 15) is 9.18 Å². The predicted molar refractivity (Wildman–Crippen MR) is 88.8 cm³/mol. The van der Waals surface area contributed by atoms with Gasteiger partial charge in [-0.1, -0.05) is 6.07 Å². The van der Waals surface area contributed by atoms with E-state index in [0.29, 0.717) is 6.54 Å². The normalized spacial score (nSPS) is 18.0. The molecule has 6 heteroatoms. The van der Waals surface area contributed by atoms with E-state index in [1.54, 1.807) is 11.1 Å². The summed E-state index contributed by atoms with van der Waals surface area (Å²) in [6.45, 7) is 2.19. The molecule has 1 aliphatic rings. The molecule has 1 atom stereocenters. The van der Waals surface area contributed by atoms with Gasteiger partial charge < -0.3 is 10.2 Å². The van der Waals surface area contributed by atoms with Gasteiger partial charge in [0.25, 0.3) is 5.91 Å². The first-order chi connectivity index (χ1) is 11.8. The molecule has 24 heavy (non-hydrogen) atoms. The molecular formula is C18H21FN4O. The Morgan fingerprint density at radius 2 is 2.17 bits per heavy atom. The number of amides is 1. The smallest absolute Gasteiger partial charge is 0.257 e. The number of carbonyl (C=O) groups is 1. The number of carbonyl (C=O) groups excluding carboxylic acids is 1. The maximum Gasteiger partial charge on any atom is 0.257 e. The summed E-state index contributed by atoms with van der Waals surface area (Å²) in [5.41, 5.74) is 0.871. The minimum Gasteiger partial charge on any atom is -0.330 e. The lowest BCUT2D eigenvalue weighted by molar-refractivity contribution is 0.0637. The van der Waals surface area contributed by atoms with Gasteiger partial charge >= 0.3 is 0 Å². The van der Waals surface area contributed by atoms with E-state index in [1.165, 1.54) is 12.3 Å². The van der Waals surface area contributed by atoms with Gasteiger partial charge in [0.1, 0.15) is 0 Å². The maximum atomic E-state index is 14.0. The first-order valence-electron chi connectivity index (χ1n) is 8.27. The Hall–Kier alpha value is -2.34. The molecular weight excluding hydrogens is 307 g/mol. The highest BCUT2D eigenvalue weighted by atomic mass is 19.1. The quantitative estimate of drug-likeness (QED) is 0.936. The molecule has 0 aliphatic carbocycles. The second kappa shape index (κ2) is 7.97. The molecule has 1 fully saturated rings. The van der Waals surface area contributed by atoms with Gasteiger partial charge in [0.15, 0.2) is 5.82 Å². The van der Waals surface area contributed by atoms with E-state index < -0.39 is 5.82 Å². The fourth-order valence-electron chi connectivity index (χ4n) is 3.05. The summed E-state index contributed by atoms with van der Waals surface area (Å²) >= 11 is 0. The topological polar surface area (TPSA) is 58.1 Å². The number of nitrogens with zero attached hydrogens (tertiary/aromatic N) is 3. The van der Waals surface area contributed by atoms with Crippen molar-refractivity contribution in [1.29, 1.82) is 0 Å². The molecule has 2 aromatic rings. The summed E-state index contributed by atoms with van der Waals surface area (Å²) in [4.78, 5) is 22.8. The Kier molecular flexibility index (Phi) is 5.48. The van der Waals surface area contributed by atoms with Crippen LogP contribution in [0.5, 0.6) is 0 Å². The van der Waals surface area contributed by atoms with E-state index in [1.807, 2.05) is 18.2 Å². The molecule has 5 nitrogen and oxygen atoms in total. The van der Waals surface area contributed by atoms with Gasteiger partial charge in [0.2, 0.25) is 0 Å².